The lowest BCUT2D eigenvalue weighted by molar-refractivity contribution is 0.0939. The van der Waals surface area contributed by atoms with Crippen molar-refractivity contribution in [2.45, 2.75) is 13.0 Å². The van der Waals surface area contributed by atoms with Crippen LogP contribution in [0.1, 0.15) is 28.9 Å². The van der Waals surface area contributed by atoms with E-state index in [4.69, 9.17) is 16.3 Å². The maximum atomic E-state index is 13.2. The third-order valence-electron chi connectivity index (χ3n) is 3.20. The molecule has 2 aromatic rings. The summed E-state index contributed by atoms with van der Waals surface area (Å²) in [6.07, 6.45) is 0. The van der Waals surface area contributed by atoms with Crippen molar-refractivity contribution in [3.63, 3.8) is 0 Å². The van der Waals surface area contributed by atoms with Crippen molar-refractivity contribution in [3.05, 3.63) is 64.2 Å². The average Bonchev–Trinajstić information content (AvgIpc) is 2.50. The minimum atomic E-state index is -1.12. The predicted molar refractivity (Wildman–Crippen MR) is 80.2 cm³/mol. The first-order chi connectivity index (χ1) is 10.4. The van der Waals surface area contributed by atoms with Crippen LogP contribution in [0.4, 0.5) is 8.78 Å². The zero-order valence-corrected chi connectivity index (χ0v) is 12.7. The van der Waals surface area contributed by atoms with Crippen molar-refractivity contribution in [1.82, 2.24) is 5.32 Å². The third-order valence-corrected chi connectivity index (χ3v) is 3.51. The number of carbonyl (C=O) groups is 1. The number of amides is 1. The highest BCUT2D eigenvalue weighted by Gasteiger charge is 2.17. The topological polar surface area (TPSA) is 38.3 Å². The Bertz CT molecular complexity index is 707. The Morgan fingerprint density at radius 2 is 1.91 bits per heavy atom. The normalized spacial score (nSPS) is 11.9. The Balaban J connectivity index is 2.19. The SMILES string of the molecule is COc1cccc(C(C)NC(=O)c2cc(F)c(F)cc2Cl)c1. The predicted octanol–water partition coefficient (Wildman–Crippen LogP) is 4.12. The van der Waals surface area contributed by atoms with Gasteiger partial charge in [-0.3, -0.25) is 4.79 Å². The van der Waals surface area contributed by atoms with Crippen molar-refractivity contribution in [1.29, 1.82) is 0 Å². The van der Waals surface area contributed by atoms with Crippen LogP contribution < -0.4 is 10.1 Å². The fraction of sp³-hybridized carbons (Fsp3) is 0.188. The summed E-state index contributed by atoms with van der Waals surface area (Å²) in [5.41, 5.74) is 0.696. The van der Waals surface area contributed by atoms with E-state index in [1.54, 1.807) is 32.2 Å². The maximum absolute atomic E-state index is 13.2. The van der Waals surface area contributed by atoms with E-state index >= 15 is 0 Å². The maximum Gasteiger partial charge on any atom is 0.253 e. The lowest BCUT2D eigenvalue weighted by Gasteiger charge is -2.16. The van der Waals surface area contributed by atoms with Crippen LogP contribution in [-0.2, 0) is 0 Å². The summed E-state index contributed by atoms with van der Waals surface area (Å²) in [5, 5.41) is 2.54. The molecule has 1 N–H and O–H groups in total. The minimum absolute atomic E-state index is 0.115. The van der Waals surface area contributed by atoms with Crippen molar-refractivity contribution < 1.29 is 18.3 Å². The molecule has 3 nitrogen and oxygen atoms in total. The van der Waals surface area contributed by atoms with Gasteiger partial charge in [0, 0.05) is 0 Å². The van der Waals surface area contributed by atoms with Gasteiger partial charge in [0.2, 0.25) is 0 Å². The number of nitrogens with one attached hydrogen (secondary N) is 1. The van der Waals surface area contributed by atoms with Crippen LogP contribution in [0, 0.1) is 11.6 Å². The molecule has 0 fully saturated rings. The summed E-state index contributed by atoms with van der Waals surface area (Å²) in [6.45, 7) is 1.76. The van der Waals surface area contributed by atoms with Crippen molar-refractivity contribution in [2.75, 3.05) is 7.11 Å². The molecule has 2 aromatic carbocycles. The van der Waals surface area contributed by atoms with Crippen LogP contribution in [0.15, 0.2) is 36.4 Å². The van der Waals surface area contributed by atoms with Crippen LogP contribution in [0.25, 0.3) is 0 Å². The standard InChI is InChI=1S/C16H14ClF2NO2/c1-9(10-4-3-5-11(6-10)22-2)20-16(21)12-7-14(18)15(19)8-13(12)17/h3-9H,1-2H3,(H,20,21). The first-order valence-electron chi connectivity index (χ1n) is 6.51. The van der Waals surface area contributed by atoms with Gasteiger partial charge in [0.1, 0.15) is 5.75 Å². The summed E-state index contributed by atoms with van der Waals surface area (Å²) in [5.74, 6) is -2.14. The van der Waals surface area contributed by atoms with Gasteiger partial charge in [-0.15, -0.1) is 0 Å². The van der Waals surface area contributed by atoms with E-state index in [2.05, 4.69) is 5.32 Å². The van der Waals surface area contributed by atoms with E-state index in [9.17, 15) is 13.6 Å². The zero-order valence-electron chi connectivity index (χ0n) is 12.0. The summed E-state index contributed by atoms with van der Waals surface area (Å²) in [4.78, 5) is 12.2. The molecule has 6 heteroatoms. The molecule has 0 aromatic heterocycles. The fourth-order valence-corrected chi connectivity index (χ4v) is 2.20. The third kappa shape index (κ3) is 3.54. The molecule has 0 aliphatic carbocycles. The molecule has 0 aliphatic rings. The monoisotopic (exact) mass is 325 g/mol. The highest BCUT2D eigenvalue weighted by molar-refractivity contribution is 6.33. The molecule has 1 atom stereocenters. The van der Waals surface area contributed by atoms with E-state index in [-0.39, 0.29) is 16.6 Å². The Morgan fingerprint density at radius 1 is 1.23 bits per heavy atom. The summed E-state index contributed by atoms with van der Waals surface area (Å²) in [7, 11) is 1.55. The number of hydrogen-bond donors (Lipinski definition) is 1. The molecule has 0 saturated heterocycles. The molecule has 0 bridgehead atoms. The molecule has 2 rings (SSSR count). The van der Waals surface area contributed by atoms with Crippen LogP contribution in [-0.4, -0.2) is 13.0 Å². The van der Waals surface area contributed by atoms with Gasteiger partial charge in [0.15, 0.2) is 11.6 Å². The van der Waals surface area contributed by atoms with E-state index in [0.29, 0.717) is 5.75 Å². The van der Waals surface area contributed by atoms with Gasteiger partial charge < -0.3 is 10.1 Å². The van der Waals surface area contributed by atoms with E-state index < -0.39 is 17.5 Å². The first kappa shape index (κ1) is 16.2. The van der Waals surface area contributed by atoms with Gasteiger partial charge in [0.25, 0.3) is 5.91 Å². The number of methoxy groups -OCH3 is 1. The first-order valence-corrected chi connectivity index (χ1v) is 6.89. The number of rotatable bonds is 4. The number of hydrogen-bond acceptors (Lipinski definition) is 2. The Morgan fingerprint density at radius 3 is 2.59 bits per heavy atom. The molecule has 0 spiro atoms. The van der Waals surface area contributed by atoms with Crippen molar-refractivity contribution in [3.8, 4) is 5.75 Å². The van der Waals surface area contributed by atoms with Gasteiger partial charge >= 0.3 is 0 Å². The molecule has 0 saturated carbocycles. The molecule has 0 aliphatic heterocycles. The van der Waals surface area contributed by atoms with Crippen molar-refractivity contribution >= 4 is 17.5 Å². The second-order valence-corrected chi connectivity index (χ2v) is 5.13. The smallest absolute Gasteiger partial charge is 0.253 e. The van der Waals surface area contributed by atoms with Crippen LogP contribution in [0.3, 0.4) is 0 Å². The zero-order chi connectivity index (χ0) is 16.3. The van der Waals surface area contributed by atoms with Crippen LogP contribution in [0.5, 0.6) is 5.75 Å². The number of halogens is 3. The fourth-order valence-electron chi connectivity index (χ4n) is 1.97. The van der Waals surface area contributed by atoms with E-state index in [1.165, 1.54) is 0 Å². The Hall–Kier alpha value is -2.14. The van der Waals surface area contributed by atoms with Gasteiger partial charge in [-0.2, -0.15) is 0 Å². The quantitative estimate of drug-likeness (QED) is 0.859. The number of ether oxygens (including phenoxy) is 1. The summed E-state index contributed by atoms with van der Waals surface area (Å²) < 4.78 is 31.4. The minimum Gasteiger partial charge on any atom is -0.497 e. The molecular weight excluding hydrogens is 312 g/mol. The molecule has 1 unspecified atom stereocenters. The van der Waals surface area contributed by atoms with Crippen LogP contribution in [0.2, 0.25) is 5.02 Å². The molecule has 0 heterocycles. The van der Waals surface area contributed by atoms with E-state index in [1.807, 2.05) is 6.07 Å². The Kier molecular flexibility index (Phi) is 4.98. The summed E-state index contributed by atoms with van der Waals surface area (Å²) in [6, 6.07) is 8.38. The molecule has 22 heavy (non-hydrogen) atoms. The largest absolute Gasteiger partial charge is 0.497 e. The second kappa shape index (κ2) is 6.75. The lowest BCUT2D eigenvalue weighted by atomic mass is 10.1. The highest BCUT2D eigenvalue weighted by atomic mass is 35.5. The van der Waals surface area contributed by atoms with Gasteiger partial charge in [-0.25, -0.2) is 8.78 Å². The average molecular weight is 326 g/mol. The van der Waals surface area contributed by atoms with Gasteiger partial charge in [0.05, 0.1) is 23.7 Å². The van der Waals surface area contributed by atoms with Crippen molar-refractivity contribution in [2.24, 2.45) is 0 Å². The molecule has 0 radical (unpaired) electrons. The van der Waals surface area contributed by atoms with Gasteiger partial charge in [-0.1, -0.05) is 23.7 Å². The highest BCUT2D eigenvalue weighted by Crippen LogP contribution is 2.22. The second-order valence-electron chi connectivity index (χ2n) is 4.72. The molecule has 116 valence electrons. The van der Waals surface area contributed by atoms with Gasteiger partial charge in [-0.05, 0) is 36.8 Å². The number of benzene rings is 2. The molecule has 1 amide bonds. The number of carbonyl (C=O) groups excluding carboxylic acids is 1. The van der Waals surface area contributed by atoms with Crippen LogP contribution >= 0.6 is 11.6 Å². The molecular formula is C16H14ClF2NO2. The van der Waals surface area contributed by atoms with E-state index in [0.717, 1.165) is 17.7 Å². The lowest BCUT2D eigenvalue weighted by Crippen LogP contribution is -2.27. The Labute approximate surface area is 131 Å². The summed E-state index contributed by atoms with van der Waals surface area (Å²) >= 11 is 5.79.